The molecule has 3 amide bonds. The Morgan fingerprint density at radius 2 is 2.03 bits per heavy atom. The number of anilines is 2. The van der Waals surface area contributed by atoms with Crippen molar-refractivity contribution in [2.45, 2.75) is 32.2 Å². The number of aromatic nitrogens is 1. The number of aryl methyl sites for hydroxylation is 1. The lowest BCUT2D eigenvalue weighted by Crippen LogP contribution is -2.28. The normalized spacial score (nSPS) is 13.6. The maximum atomic E-state index is 13.7. The average molecular weight is 453 g/mol. The van der Waals surface area contributed by atoms with Gasteiger partial charge in [0.15, 0.2) is 5.13 Å². The van der Waals surface area contributed by atoms with E-state index in [9.17, 15) is 18.8 Å². The molecule has 1 aliphatic heterocycles. The van der Waals surface area contributed by atoms with Crippen molar-refractivity contribution in [2.24, 2.45) is 0 Å². The zero-order valence-corrected chi connectivity index (χ0v) is 18.1. The van der Waals surface area contributed by atoms with Crippen LogP contribution in [0.1, 0.15) is 46.6 Å². The van der Waals surface area contributed by atoms with Gasteiger partial charge in [0.05, 0.1) is 23.7 Å². The summed E-state index contributed by atoms with van der Waals surface area (Å²) in [6.45, 7) is 1.89. The molecule has 0 saturated carbocycles. The standard InChI is InChI=1S/C23H21FN4O3S/c1-13(14-6-8-19-15(10-14)7-9-20(29)27-19)25-21(30)11-16-12-32-23(26-16)28-22(31)17-4-2-3-5-18(17)24/h2-6,8,10,12-13H,7,9,11H2,1H3,(H,25,30)(H,27,29)(H,26,28,31). The molecule has 7 nitrogen and oxygen atoms in total. The van der Waals surface area contributed by atoms with Gasteiger partial charge in [0.2, 0.25) is 11.8 Å². The zero-order chi connectivity index (χ0) is 22.7. The van der Waals surface area contributed by atoms with Crippen LogP contribution in [-0.2, 0) is 22.4 Å². The summed E-state index contributed by atoms with van der Waals surface area (Å²) < 4.78 is 13.7. The minimum atomic E-state index is -0.611. The first-order chi connectivity index (χ1) is 15.4. The van der Waals surface area contributed by atoms with Gasteiger partial charge < -0.3 is 10.6 Å². The van der Waals surface area contributed by atoms with Gasteiger partial charge in [-0.2, -0.15) is 0 Å². The first-order valence-corrected chi connectivity index (χ1v) is 11.0. The quantitative estimate of drug-likeness (QED) is 0.529. The van der Waals surface area contributed by atoms with E-state index < -0.39 is 11.7 Å². The van der Waals surface area contributed by atoms with Gasteiger partial charge in [0, 0.05) is 17.5 Å². The summed E-state index contributed by atoms with van der Waals surface area (Å²) in [7, 11) is 0. The van der Waals surface area contributed by atoms with E-state index in [1.807, 2.05) is 25.1 Å². The van der Waals surface area contributed by atoms with E-state index in [4.69, 9.17) is 0 Å². The number of carbonyl (C=O) groups excluding carboxylic acids is 3. The first kappa shape index (κ1) is 21.6. The Morgan fingerprint density at radius 3 is 2.84 bits per heavy atom. The molecule has 1 atom stereocenters. The van der Waals surface area contributed by atoms with Crippen molar-refractivity contribution in [1.29, 1.82) is 0 Å². The number of rotatable bonds is 6. The largest absolute Gasteiger partial charge is 0.349 e. The van der Waals surface area contributed by atoms with Crippen molar-refractivity contribution < 1.29 is 18.8 Å². The molecule has 2 aromatic carbocycles. The Kier molecular flexibility index (Phi) is 6.27. The number of fused-ring (bicyclic) bond motifs is 1. The average Bonchev–Trinajstić information content (AvgIpc) is 3.19. The molecule has 0 aliphatic carbocycles. The van der Waals surface area contributed by atoms with Crippen LogP contribution < -0.4 is 16.0 Å². The van der Waals surface area contributed by atoms with E-state index in [0.717, 1.165) is 16.8 Å². The highest BCUT2D eigenvalue weighted by Crippen LogP contribution is 2.26. The Bertz CT molecular complexity index is 1190. The predicted molar refractivity (Wildman–Crippen MR) is 120 cm³/mol. The summed E-state index contributed by atoms with van der Waals surface area (Å²) in [6, 6.07) is 11.2. The van der Waals surface area contributed by atoms with Gasteiger partial charge in [-0.25, -0.2) is 9.37 Å². The fourth-order valence-corrected chi connectivity index (χ4v) is 4.17. The van der Waals surface area contributed by atoms with E-state index in [1.54, 1.807) is 11.4 Å². The van der Waals surface area contributed by atoms with Crippen molar-refractivity contribution >= 4 is 39.9 Å². The van der Waals surface area contributed by atoms with E-state index in [2.05, 4.69) is 20.9 Å². The summed E-state index contributed by atoms with van der Waals surface area (Å²) in [5.74, 6) is -1.40. The fraction of sp³-hybridized carbons (Fsp3) is 0.217. The van der Waals surface area contributed by atoms with Crippen molar-refractivity contribution in [3.8, 4) is 0 Å². The molecular formula is C23H21FN4O3S. The van der Waals surface area contributed by atoms with Crippen molar-refractivity contribution in [3.05, 3.63) is 76.0 Å². The lowest BCUT2D eigenvalue weighted by atomic mass is 9.98. The molecule has 3 N–H and O–H groups in total. The van der Waals surface area contributed by atoms with Gasteiger partial charge in [-0.3, -0.25) is 19.7 Å². The molecule has 1 unspecified atom stereocenters. The number of amides is 3. The van der Waals surface area contributed by atoms with Crippen LogP contribution in [0, 0.1) is 5.82 Å². The van der Waals surface area contributed by atoms with Crippen LogP contribution in [0.25, 0.3) is 0 Å². The van der Waals surface area contributed by atoms with Crippen molar-refractivity contribution in [2.75, 3.05) is 10.6 Å². The van der Waals surface area contributed by atoms with Crippen LogP contribution >= 0.6 is 11.3 Å². The molecule has 32 heavy (non-hydrogen) atoms. The topological polar surface area (TPSA) is 100 Å². The van der Waals surface area contributed by atoms with Crippen molar-refractivity contribution in [1.82, 2.24) is 10.3 Å². The zero-order valence-electron chi connectivity index (χ0n) is 17.3. The number of nitrogens with one attached hydrogen (secondary N) is 3. The third kappa shape index (κ3) is 5.00. The molecule has 3 aromatic rings. The molecule has 4 rings (SSSR count). The van der Waals surface area contributed by atoms with Gasteiger partial charge in [0.25, 0.3) is 5.91 Å². The molecule has 0 radical (unpaired) electrons. The molecule has 2 heterocycles. The third-order valence-corrected chi connectivity index (χ3v) is 5.94. The second-order valence-electron chi connectivity index (χ2n) is 7.51. The van der Waals surface area contributed by atoms with Crippen LogP contribution in [0.5, 0.6) is 0 Å². The highest BCUT2D eigenvalue weighted by Gasteiger charge is 2.18. The number of thiazole rings is 1. The van der Waals surface area contributed by atoms with Gasteiger partial charge in [0.1, 0.15) is 5.82 Å². The number of hydrogen-bond donors (Lipinski definition) is 3. The Labute approximate surface area is 188 Å². The Morgan fingerprint density at radius 1 is 1.22 bits per heavy atom. The predicted octanol–water partition coefficient (Wildman–Crippen LogP) is 3.84. The van der Waals surface area contributed by atoms with E-state index >= 15 is 0 Å². The summed E-state index contributed by atoms with van der Waals surface area (Å²) in [5.41, 5.74) is 3.26. The maximum absolute atomic E-state index is 13.7. The van der Waals surface area contributed by atoms with Gasteiger partial charge in [-0.05, 0) is 42.7 Å². The monoisotopic (exact) mass is 452 g/mol. The van der Waals surface area contributed by atoms with Crippen LogP contribution in [-0.4, -0.2) is 22.7 Å². The molecule has 0 saturated heterocycles. The minimum Gasteiger partial charge on any atom is -0.349 e. The van der Waals surface area contributed by atoms with E-state index in [1.165, 1.54) is 29.5 Å². The second kappa shape index (κ2) is 9.27. The molecule has 0 spiro atoms. The minimum absolute atomic E-state index is 0.0133. The van der Waals surface area contributed by atoms with Gasteiger partial charge in [-0.1, -0.05) is 24.3 Å². The van der Waals surface area contributed by atoms with Gasteiger partial charge >= 0.3 is 0 Å². The molecule has 1 aliphatic rings. The number of nitrogens with zero attached hydrogens (tertiary/aromatic N) is 1. The summed E-state index contributed by atoms with van der Waals surface area (Å²) >= 11 is 1.17. The smallest absolute Gasteiger partial charge is 0.260 e. The lowest BCUT2D eigenvalue weighted by Gasteiger charge is -2.20. The van der Waals surface area contributed by atoms with Crippen LogP contribution in [0.15, 0.2) is 47.8 Å². The summed E-state index contributed by atoms with van der Waals surface area (Å²) in [5, 5.41) is 10.3. The van der Waals surface area contributed by atoms with Crippen LogP contribution in [0.4, 0.5) is 15.2 Å². The number of hydrogen-bond acceptors (Lipinski definition) is 5. The number of carbonyl (C=O) groups is 3. The van der Waals surface area contributed by atoms with Crippen LogP contribution in [0.3, 0.4) is 0 Å². The Balaban J connectivity index is 1.34. The van der Waals surface area contributed by atoms with Crippen LogP contribution in [0.2, 0.25) is 0 Å². The molecule has 9 heteroatoms. The summed E-state index contributed by atoms with van der Waals surface area (Å²) in [4.78, 5) is 40.4. The van der Waals surface area contributed by atoms with Crippen molar-refractivity contribution in [3.63, 3.8) is 0 Å². The number of benzene rings is 2. The molecular weight excluding hydrogens is 431 g/mol. The van der Waals surface area contributed by atoms with Gasteiger partial charge in [-0.15, -0.1) is 11.3 Å². The highest BCUT2D eigenvalue weighted by atomic mass is 32.1. The molecule has 0 fully saturated rings. The Hall–Kier alpha value is -3.59. The first-order valence-electron chi connectivity index (χ1n) is 10.1. The summed E-state index contributed by atoms with van der Waals surface area (Å²) in [6.07, 6.45) is 1.18. The van der Waals surface area contributed by atoms with E-state index in [0.29, 0.717) is 23.7 Å². The molecule has 164 valence electrons. The third-order valence-electron chi connectivity index (χ3n) is 5.13. The van der Waals surface area contributed by atoms with E-state index in [-0.39, 0.29) is 29.8 Å². The number of halogens is 1. The second-order valence-corrected chi connectivity index (χ2v) is 8.37. The highest BCUT2D eigenvalue weighted by molar-refractivity contribution is 7.14. The fourth-order valence-electron chi connectivity index (χ4n) is 3.47. The molecule has 1 aromatic heterocycles. The SMILES string of the molecule is CC(NC(=O)Cc1csc(NC(=O)c2ccccc2F)n1)c1ccc2c(c1)CCC(=O)N2. The lowest BCUT2D eigenvalue weighted by molar-refractivity contribution is -0.121. The molecule has 0 bridgehead atoms. The maximum Gasteiger partial charge on any atom is 0.260 e.